The smallest absolute Gasteiger partial charge is 0.234 e. The van der Waals surface area contributed by atoms with Crippen LogP contribution in [-0.2, 0) is 11.3 Å². The summed E-state index contributed by atoms with van der Waals surface area (Å²) in [6, 6.07) is 18.9. The summed E-state index contributed by atoms with van der Waals surface area (Å²) < 4.78 is 2.00. The molecule has 0 bridgehead atoms. The van der Waals surface area contributed by atoms with Crippen molar-refractivity contribution in [1.82, 2.24) is 14.8 Å². The number of thioether (sulfide) groups is 1. The van der Waals surface area contributed by atoms with Gasteiger partial charge in [0.05, 0.1) is 23.9 Å². The molecule has 1 heterocycles. The first-order valence-electron chi connectivity index (χ1n) is 8.02. The molecule has 0 saturated carbocycles. The Balaban J connectivity index is 1.60. The number of hydrogen-bond acceptors (Lipinski definition) is 5. The van der Waals surface area contributed by atoms with Crippen molar-refractivity contribution in [2.24, 2.45) is 0 Å². The predicted molar refractivity (Wildman–Crippen MR) is 101 cm³/mol. The summed E-state index contributed by atoms with van der Waals surface area (Å²) in [6.45, 7) is 2.57. The zero-order valence-corrected chi connectivity index (χ0v) is 15.0. The van der Waals surface area contributed by atoms with Crippen LogP contribution in [0.4, 0.5) is 5.69 Å². The van der Waals surface area contributed by atoms with Gasteiger partial charge in [0.2, 0.25) is 5.91 Å². The SMILES string of the molecule is Cc1nnc(SCC(=O)Nc2ccc(C#N)cc2)n1Cc1ccccc1. The third-order valence-electron chi connectivity index (χ3n) is 3.72. The molecule has 0 atom stereocenters. The van der Waals surface area contributed by atoms with Gasteiger partial charge in [0.25, 0.3) is 0 Å². The van der Waals surface area contributed by atoms with E-state index in [1.165, 1.54) is 11.8 Å². The summed E-state index contributed by atoms with van der Waals surface area (Å²) in [5.74, 6) is 0.905. The lowest BCUT2D eigenvalue weighted by Gasteiger charge is -2.09. The van der Waals surface area contributed by atoms with Crippen LogP contribution in [0.2, 0.25) is 0 Å². The zero-order chi connectivity index (χ0) is 18.4. The van der Waals surface area contributed by atoms with Gasteiger partial charge >= 0.3 is 0 Å². The lowest BCUT2D eigenvalue weighted by atomic mass is 10.2. The monoisotopic (exact) mass is 363 g/mol. The van der Waals surface area contributed by atoms with Crippen LogP contribution >= 0.6 is 11.8 Å². The first-order chi connectivity index (χ1) is 12.7. The van der Waals surface area contributed by atoms with Crippen molar-refractivity contribution in [2.75, 3.05) is 11.1 Å². The highest BCUT2D eigenvalue weighted by Gasteiger charge is 2.12. The quantitative estimate of drug-likeness (QED) is 0.680. The molecule has 26 heavy (non-hydrogen) atoms. The molecular weight excluding hydrogens is 346 g/mol. The van der Waals surface area contributed by atoms with E-state index >= 15 is 0 Å². The second-order valence-electron chi connectivity index (χ2n) is 5.63. The van der Waals surface area contributed by atoms with Crippen LogP contribution in [0, 0.1) is 18.3 Å². The molecular formula is C19H17N5OS. The van der Waals surface area contributed by atoms with Crippen LogP contribution in [-0.4, -0.2) is 26.4 Å². The minimum Gasteiger partial charge on any atom is -0.325 e. The van der Waals surface area contributed by atoms with Gasteiger partial charge in [-0.15, -0.1) is 10.2 Å². The number of nitriles is 1. The van der Waals surface area contributed by atoms with E-state index < -0.39 is 0 Å². The number of amides is 1. The van der Waals surface area contributed by atoms with Gasteiger partial charge in [-0.2, -0.15) is 5.26 Å². The number of nitrogens with one attached hydrogen (secondary N) is 1. The molecule has 1 N–H and O–H groups in total. The van der Waals surface area contributed by atoms with E-state index in [1.807, 2.05) is 47.9 Å². The molecule has 0 radical (unpaired) electrons. The minimum atomic E-state index is -0.133. The third-order valence-corrected chi connectivity index (χ3v) is 4.68. The van der Waals surface area contributed by atoms with Crippen LogP contribution in [0.1, 0.15) is 17.0 Å². The maximum absolute atomic E-state index is 12.2. The van der Waals surface area contributed by atoms with Gasteiger partial charge in [0.15, 0.2) is 5.16 Å². The Morgan fingerprint density at radius 2 is 1.88 bits per heavy atom. The molecule has 3 rings (SSSR count). The van der Waals surface area contributed by atoms with Gasteiger partial charge in [0.1, 0.15) is 5.82 Å². The van der Waals surface area contributed by atoms with E-state index in [0.717, 1.165) is 11.4 Å². The highest BCUT2D eigenvalue weighted by atomic mass is 32.2. The van der Waals surface area contributed by atoms with Crippen molar-refractivity contribution >= 4 is 23.4 Å². The molecule has 130 valence electrons. The standard InChI is InChI=1S/C19H17N5OS/c1-14-22-23-19(24(14)12-16-5-3-2-4-6-16)26-13-18(25)21-17-9-7-15(11-20)8-10-17/h2-10H,12-13H2,1H3,(H,21,25). The molecule has 0 saturated heterocycles. The van der Waals surface area contributed by atoms with Gasteiger partial charge in [-0.1, -0.05) is 42.1 Å². The van der Waals surface area contributed by atoms with Crippen LogP contribution in [0.3, 0.4) is 0 Å². The molecule has 0 aliphatic carbocycles. The second kappa shape index (κ2) is 8.32. The normalized spacial score (nSPS) is 10.3. The Morgan fingerprint density at radius 3 is 2.58 bits per heavy atom. The van der Waals surface area contributed by atoms with Gasteiger partial charge in [-0.05, 0) is 36.8 Å². The van der Waals surface area contributed by atoms with Crippen molar-refractivity contribution in [3.8, 4) is 6.07 Å². The lowest BCUT2D eigenvalue weighted by molar-refractivity contribution is -0.113. The largest absolute Gasteiger partial charge is 0.325 e. The summed E-state index contributed by atoms with van der Waals surface area (Å²) in [7, 11) is 0. The topological polar surface area (TPSA) is 83.6 Å². The molecule has 3 aromatic rings. The average Bonchev–Trinajstić information content (AvgIpc) is 3.01. The summed E-state index contributed by atoms with van der Waals surface area (Å²) in [6.07, 6.45) is 0. The van der Waals surface area contributed by atoms with E-state index in [1.54, 1.807) is 24.3 Å². The molecule has 0 aliphatic rings. The fourth-order valence-corrected chi connectivity index (χ4v) is 3.16. The van der Waals surface area contributed by atoms with Crippen LogP contribution in [0.15, 0.2) is 59.8 Å². The molecule has 0 fully saturated rings. The Kier molecular flexibility index (Phi) is 5.66. The van der Waals surface area contributed by atoms with Crippen molar-refractivity contribution in [1.29, 1.82) is 5.26 Å². The van der Waals surface area contributed by atoms with E-state index in [-0.39, 0.29) is 11.7 Å². The summed E-state index contributed by atoms with van der Waals surface area (Å²) in [5, 5.41) is 20.6. The third kappa shape index (κ3) is 4.49. The number of nitrogens with zero attached hydrogens (tertiary/aromatic N) is 4. The molecule has 7 heteroatoms. The molecule has 1 aromatic heterocycles. The molecule has 0 aliphatic heterocycles. The number of benzene rings is 2. The molecule has 0 unspecified atom stereocenters. The van der Waals surface area contributed by atoms with Gasteiger partial charge < -0.3 is 9.88 Å². The Morgan fingerprint density at radius 1 is 1.15 bits per heavy atom. The summed E-state index contributed by atoms with van der Waals surface area (Å²) in [5.41, 5.74) is 2.37. The van der Waals surface area contributed by atoms with Crippen LogP contribution in [0.5, 0.6) is 0 Å². The van der Waals surface area contributed by atoms with Crippen molar-refractivity contribution < 1.29 is 4.79 Å². The molecule has 6 nitrogen and oxygen atoms in total. The Hall–Kier alpha value is -3.11. The number of hydrogen-bond donors (Lipinski definition) is 1. The second-order valence-corrected chi connectivity index (χ2v) is 6.57. The minimum absolute atomic E-state index is 0.133. The maximum Gasteiger partial charge on any atom is 0.234 e. The number of anilines is 1. The molecule has 1 amide bonds. The van der Waals surface area contributed by atoms with Crippen molar-refractivity contribution in [3.05, 3.63) is 71.5 Å². The molecule has 0 spiro atoms. The number of aryl methyl sites for hydroxylation is 1. The lowest BCUT2D eigenvalue weighted by Crippen LogP contribution is -2.14. The number of rotatable bonds is 6. The maximum atomic E-state index is 12.2. The van der Waals surface area contributed by atoms with Crippen molar-refractivity contribution in [2.45, 2.75) is 18.6 Å². The number of carbonyl (C=O) groups is 1. The van der Waals surface area contributed by atoms with E-state index in [0.29, 0.717) is 23.0 Å². The summed E-state index contributed by atoms with van der Waals surface area (Å²) in [4.78, 5) is 12.2. The highest BCUT2D eigenvalue weighted by Crippen LogP contribution is 2.19. The van der Waals surface area contributed by atoms with E-state index in [4.69, 9.17) is 5.26 Å². The Labute approximate surface area is 155 Å². The van der Waals surface area contributed by atoms with Crippen molar-refractivity contribution in [3.63, 3.8) is 0 Å². The van der Waals surface area contributed by atoms with Gasteiger partial charge in [0, 0.05) is 5.69 Å². The van der Waals surface area contributed by atoms with Gasteiger partial charge in [-0.3, -0.25) is 4.79 Å². The van der Waals surface area contributed by atoms with E-state index in [2.05, 4.69) is 15.5 Å². The Bertz CT molecular complexity index is 929. The first-order valence-corrected chi connectivity index (χ1v) is 9.01. The van der Waals surface area contributed by atoms with E-state index in [9.17, 15) is 4.79 Å². The average molecular weight is 363 g/mol. The molecule has 2 aromatic carbocycles. The fourth-order valence-electron chi connectivity index (χ4n) is 2.37. The number of aromatic nitrogens is 3. The summed E-state index contributed by atoms with van der Waals surface area (Å²) >= 11 is 1.35. The predicted octanol–water partition coefficient (Wildman–Crippen LogP) is 3.24. The van der Waals surface area contributed by atoms with Crippen LogP contribution in [0.25, 0.3) is 0 Å². The fraction of sp³-hybridized carbons (Fsp3) is 0.158. The number of carbonyl (C=O) groups excluding carboxylic acids is 1. The zero-order valence-electron chi connectivity index (χ0n) is 14.2. The van der Waals surface area contributed by atoms with Crippen LogP contribution < -0.4 is 5.32 Å². The first kappa shape index (κ1) is 17.7. The van der Waals surface area contributed by atoms with Gasteiger partial charge in [-0.25, -0.2) is 0 Å². The highest BCUT2D eigenvalue weighted by molar-refractivity contribution is 7.99.